The number of amides is 2. The molecule has 0 bridgehead atoms. The summed E-state index contributed by atoms with van der Waals surface area (Å²) in [5.41, 5.74) is 1.18. The van der Waals surface area contributed by atoms with Gasteiger partial charge in [0.15, 0.2) is 6.10 Å². The molecule has 8 heteroatoms. The van der Waals surface area contributed by atoms with Crippen LogP contribution < -0.4 is 10.2 Å². The van der Waals surface area contributed by atoms with Crippen LogP contribution in [-0.2, 0) is 19.1 Å². The van der Waals surface area contributed by atoms with Gasteiger partial charge in [-0.1, -0.05) is 29.8 Å². The number of nitrogens with one attached hydrogen (secondary N) is 1. The van der Waals surface area contributed by atoms with Crippen LogP contribution in [0.4, 0.5) is 11.4 Å². The fourth-order valence-electron chi connectivity index (χ4n) is 2.55. The number of thioether (sulfide) groups is 1. The molecule has 0 radical (unpaired) electrons. The lowest BCUT2D eigenvalue weighted by Crippen LogP contribution is -2.41. The molecule has 1 aliphatic heterocycles. The molecular weight excluding hydrogens is 388 g/mol. The van der Waals surface area contributed by atoms with E-state index in [0.717, 1.165) is 4.90 Å². The highest BCUT2D eigenvalue weighted by Crippen LogP contribution is 2.34. The van der Waals surface area contributed by atoms with Gasteiger partial charge in [0.1, 0.15) is 6.54 Å². The van der Waals surface area contributed by atoms with Gasteiger partial charge in [0.05, 0.1) is 11.4 Å². The number of fused-ring (bicyclic) bond motifs is 1. The van der Waals surface area contributed by atoms with E-state index >= 15 is 0 Å². The van der Waals surface area contributed by atoms with Crippen molar-refractivity contribution in [2.24, 2.45) is 0 Å². The summed E-state index contributed by atoms with van der Waals surface area (Å²) in [6, 6.07) is 14.0. The molecule has 1 aliphatic rings. The first kappa shape index (κ1) is 19.3. The molecule has 0 aliphatic carbocycles. The number of carbonyl (C=O) groups is 3. The van der Waals surface area contributed by atoms with Gasteiger partial charge in [-0.15, -0.1) is 11.8 Å². The number of halogens is 1. The van der Waals surface area contributed by atoms with E-state index in [0.29, 0.717) is 16.4 Å². The van der Waals surface area contributed by atoms with Crippen LogP contribution in [0.15, 0.2) is 53.4 Å². The molecule has 1 heterocycles. The van der Waals surface area contributed by atoms with E-state index in [9.17, 15) is 14.4 Å². The summed E-state index contributed by atoms with van der Waals surface area (Å²) in [6.07, 6.45) is -1.01. The summed E-state index contributed by atoms with van der Waals surface area (Å²) < 4.78 is 5.20. The lowest BCUT2D eigenvalue weighted by Gasteiger charge is -2.28. The smallest absolute Gasteiger partial charge is 0.326 e. The van der Waals surface area contributed by atoms with Crippen molar-refractivity contribution >= 4 is 52.5 Å². The lowest BCUT2D eigenvalue weighted by atomic mass is 10.2. The van der Waals surface area contributed by atoms with Crippen LogP contribution in [0.25, 0.3) is 0 Å². The summed E-state index contributed by atoms with van der Waals surface area (Å²) in [5, 5.41) is 3.12. The van der Waals surface area contributed by atoms with Gasteiger partial charge in [0, 0.05) is 15.6 Å². The van der Waals surface area contributed by atoms with Gasteiger partial charge >= 0.3 is 5.97 Å². The molecule has 0 saturated carbocycles. The number of anilines is 2. The highest BCUT2D eigenvalue weighted by atomic mass is 35.5. The van der Waals surface area contributed by atoms with Crippen LogP contribution in [0, 0.1) is 0 Å². The van der Waals surface area contributed by atoms with Crippen LogP contribution in [0.3, 0.4) is 0 Å². The third-order valence-electron chi connectivity index (χ3n) is 3.87. The molecule has 140 valence electrons. The highest BCUT2D eigenvalue weighted by Gasteiger charge is 2.28. The van der Waals surface area contributed by atoms with Gasteiger partial charge in [0.2, 0.25) is 5.91 Å². The number of carbonyl (C=O) groups excluding carboxylic acids is 3. The molecule has 0 spiro atoms. The average Bonchev–Trinajstić information content (AvgIpc) is 2.64. The number of ether oxygens (including phenoxy) is 1. The van der Waals surface area contributed by atoms with Crippen molar-refractivity contribution in [1.29, 1.82) is 0 Å². The van der Waals surface area contributed by atoms with Crippen molar-refractivity contribution < 1.29 is 19.1 Å². The molecule has 0 unspecified atom stereocenters. The monoisotopic (exact) mass is 404 g/mol. The maximum atomic E-state index is 12.3. The highest BCUT2D eigenvalue weighted by molar-refractivity contribution is 8.00. The van der Waals surface area contributed by atoms with E-state index in [4.69, 9.17) is 16.3 Å². The predicted molar refractivity (Wildman–Crippen MR) is 105 cm³/mol. The quantitative estimate of drug-likeness (QED) is 0.773. The van der Waals surface area contributed by atoms with Gasteiger partial charge < -0.3 is 10.1 Å². The average molecular weight is 405 g/mol. The maximum Gasteiger partial charge on any atom is 0.326 e. The first-order valence-electron chi connectivity index (χ1n) is 8.22. The van der Waals surface area contributed by atoms with Crippen LogP contribution in [0.5, 0.6) is 0 Å². The molecule has 2 amide bonds. The summed E-state index contributed by atoms with van der Waals surface area (Å²) in [7, 11) is 0. The Bertz CT molecular complexity index is 890. The SMILES string of the molecule is C[C@@H](OC(=O)CN1C(=O)CSc2ccccc21)C(=O)Nc1cccc(Cl)c1. The Morgan fingerprint density at radius 2 is 2.04 bits per heavy atom. The second-order valence-corrected chi connectivity index (χ2v) is 7.32. The Morgan fingerprint density at radius 3 is 2.81 bits per heavy atom. The third kappa shape index (κ3) is 4.81. The lowest BCUT2D eigenvalue weighted by molar-refractivity contribution is -0.152. The molecule has 2 aromatic carbocycles. The Labute approximate surface area is 165 Å². The third-order valence-corrected chi connectivity index (χ3v) is 5.15. The predicted octanol–water partition coefficient (Wildman–Crippen LogP) is 3.35. The molecule has 1 atom stereocenters. The topological polar surface area (TPSA) is 75.7 Å². The first-order valence-corrected chi connectivity index (χ1v) is 9.58. The van der Waals surface area contributed by atoms with Crippen molar-refractivity contribution in [3.05, 3.63) is 53.6 Å². The van der Waals surface area contributed by atoms with Gasteiger partial charge in [0.25, 0.3) is 5.91 Å². The zero-order chi connectivity index (χ0) is 19.4. The second kappa shape index (κ2) is 8.45. The summed E-state index contributed by atoms with van der Waals surface area (Å²) in [6.45, 7) is 1.23. The van der Waals surface area contributed by atoms with E-state index in [1.165, 1.54) is 23.6 Å². The van der Waals surface area contributed by atoms with Crippen LogP contribution in [-0.4, -0.2) is 36.2 Å². The van der Waals surface area contributed by atoms with Gasteiger partial charge in [-0.05, 0) is 37.3 Å². The van der Waals surface area contributed by atoms with Crippen LogP contribution in [0.1, 0.15) is 6.92 Å². The maximum absolute atomic E-state index is 12.3. The molecule has 0 fully saturated rings. The standard InChI is InChI=1S/C19H17ClN2O4S/c1-12(19(25)21-14-6-4-5-13(20)9-14)26-18(24)10-22-15-7-2-3-8-16(15)27-11-17(22)23/h2-9,12H,10-11H2,1H3,(H,21,25)/t12-/m1/s1. The van der Waals surface area contributed by atoms with Crippen molar-refractivity contribution in [2.75, 3.05) is 22.5 Å². The fraction of sp³-hybridized carbons (Fsp3) is 0.211. The number of rotatable bonds is 5. The number of hydrogen-bond donors (Lipinski definition) is 1. The molecule has 2 aromatic rings. The number of para-hydroxylation sites is 1. The Balaban J connectivity index is 1.60. The molecule has 27 heavy (non-hydrogen) atoms. The van der Waals surface area contributed by atoms with Crippen LogP contribution >= 0.6 is 23.4 Å². The van der Waals surface area contributed by atoms with Crippen molar-refractivity contribution in [3.63, 3.8) is 0 Å². The Morgan fingerprint density at radius 1 is 1.26 bits per heavy atom. The van der Waals surface area contributed by atoms with E-state index in [1.807, 2.05) is 12.1 Å². The minimum Gasteiger partial charge on any atom is -0.451 e. The van der Waals surface area contributed by atoms with Crippen molar-refractivity contribution in [1.82, 2.24) is 0 Å². The van der Waals surface area contributed by atoms with E-state index in [2.05, 4.69) is 5.32 Å². The number of esters is 1. The van der Waals surface area contributed by atoms with Crippen molar-refractivity contribution in [2.45, 2.75) is 17.9 Å². The normalized spacial score (nSPS) is 14.3. The van der Waals surface area contributed by atoms with Gasteiger partial charge in [-0.2, -0.15) is 0 Å². The number of nitrogens with zero attached hydrogens (tertiary/aromatic N) is 1. The van der Waals surface area contributed by atoms with E-state index in [1.54, 1.807) is 36.4 Å². The number of benzene rings is 2. The molecule has 0 aromatic heterocycles. The molecular formula is C19H17ClN2O4S. The largest absolute Gasteiger partial charge is 0.451 e. The summed E-state index contributed by atoms with van der Waals surface area (Å²) in [5.74, 6) is -1.05. The van der Waals surface area contributed by atoms with Gasteiger partial charge in [-0.25, -0.2) is 0 Å². The molecule has 3 rings (SSSR count). The molecule has 0 saturated heterocycles. The summed E-state index contributed by atoms with van der Waals surface area (Å²) >= 11 is 7.31. The second-order valence-electron chi connectivity index (χ2n) is 5.87. The van der Waals surface area contributed by atoms with Crippen LogP contribution in [0.2, 0.25) is 5.02 Å². The zero-order valence-electron chi connectivity index (χ0n) is 14.5. The Hall–Kier alpha value is -2.51. The minimum absolute atomic E-state index is 0.174. The zero-order valence-corrected chi connectivity index (χ0v) is 16.0. The van der Waals surface area contributed by atoms with Gasteiger partial charge in [-0.3, -0.25) is 19.3 Å². The fourth-order valence-corrected chi connectivity index (χ4v) is 3.68. The molecule has 6 nitrogen and oxygen atoms in total. The molecule has 1 N–H and O–H groups in total. The van der Waals surface area contributed by atoms with E-state index < -0.39 is 18.0 Å². The van der Waals surface area contributed by atoms with Crippen molar-refractivity contribution in [3.8, 4) is 0 Å². The first-order chi connectivity index (χ1) is 12.9. The Kier molecular flexibility index (Phi) is 6.03. The van der Waals surface area contributed by atoms with E-state index in [-0.39, 0.29) is 18.2 Å². The minimum atomic E-state index is -1.01. The number of hydrogen-bond acceptors (Lipinski definition) is 5. The summed E-state index contributed by atoms with van der Waals surface area (Å²) in [4.78, 5) is 39.0.